The lowest BCUT2D eigenvalue weighted by atomic mass is 9.89. The number of hydrogen-bond acceptors (Lipinski definition) is 1. The van der Waals surface area contributed by atoms with E-state index in [-0.39, 0.29) is 0 Å². The maximum Gasteiger partial charge on any atom is 0.0578 e. The van der Waals surface area contributed by atoms with Crippen LogP contribution in [0.25, 0.3) is 0 Å². The topological polar surface area (TPSA) is 9.23 Å². The summed E-state index contributed by atoms with van der Waals surface area (Å²) in [4.78, 5) is 0. The Morgan fingerprint density at radius 2 is 2.30 bits per heavy atom. The smallest absolute Gasteiger partial charge is 0.0578 e. The molecule has 1 aliphatic carbocycles. The van der Waals surface area contributed by atoms with Crippen LogP contribution in [-0.4, -0.2) is 12.7 Å². The van der Waals surface area contributed by atoms with Crippen LogP contribution < -0.4 is 0 Å². The van der Waals surface area contributed by atoms with E-state index in [4.69, 9.17) is 4.74 Å². The van der Waals surface area contributed by atoms with Gasteiger partial charge in [0.05, 0.1) is 6.10 Å². The van der Waals surface area contributed by atoms with Gasteiger partial charge in [-0.05, 0) is 38.5 Å². The molecule has 0 unspecified atom stereocenters. The normalized spacial score (nSPS) is 34.2. The van der Waals surface area contributed by atoms with Crippen molar-refractivity contribution < 1.29 is 4.74 Å². The Morgan fingerprint density at radius 3 is 2.80 bits per heavy atom. The summed E-state index contributed by atoms with van der Waals surface area (Å²) in [6, 6.07) is 0. The predicted octanol–water partition coefficient (Wildman–Crippen LogP) is 2.42. The Kier molecular flexibility index (Phi) is 3.20. The standard InChI is InChI=1S/C9H17O/c1-3-10-9-6-4-8(2)5-7-9/h4,8-9H,3,5-7H2,1-2H3/t8-,9-/m1/s1. The molecule has 1 fully saturated rings. The first-order valence-corrected chi connectivity index (χ1v) is 4.28. The van der Waals surface area contributed by atoms with E-state index < -0.39 is 0 Å². The maximum absolute atomic E-state index is 5.50. The second kappa shape index (κ2) is 3.97. The van der Waals surface area contributed by atoms with Gasteiger partial charge in [0.1, 0.15) is 0 Å². The van der Waals surface area contributed by atoms with Gasteiger partial charge in [0.2, 0.25) is 0 Å². The van der Waals surface area contributed by atoms with E-state index in [1.807, 2.05) is 0 Å². The van der Waals surface area contributed by atoms with Crippen LogP contribution >= 0.6 is 0 Å². The first-order chi connectivity index (χ1) is 4.83. The first-order valence-electron chi connectivity index (χ1n) is 4.28. The molecule has 0 saturated heterocycles. The average Bonchev–Trinajstić information content (AvgIpc) is 1.95. The fourth-order valence-electron chi connectivity index (χ4n) is 1.46. The highest BCUT2D eigenvalue weighted by Crippen LogP contribution is 2.24. The molecule has 0 aliphatic heterocycles. The predicted molar refractivity (Wildman–Crippen MR) is 42.7 cm³/mol. The lowest BCUT2D eigenvalue weighted by molar-refractivity contribution is 0.0413. The highest BCUT2D eigenvalue weighted by Gasteiger charge is 2.17. The van der Waals surface area contributed by atoms with Crippen LogP contribution in [0.1, 0.15) is 33.1 Å². The van der Waals surface area contributed by atoms with E-state index in [0.717, 1.165) is 18.9 Å². The van der Waals surface area contributed by atoms with Crippen LogP contribution in [0.15, 0.2) is 0 Å². The molecule has 0 amide bonds. The zero-order chi connectivity index (χ0) is 7.40. The molecule has 0 N–H and O–H groups in total. The van der Waals surface area contributed by atoms with Crippen molar-refractivity contribution in [1.29, 1.82) is 0 Å². The zero-order valence-electron chi connectivity index (χ0n) is 6.97. The fourth-order valence-corrected chi connectivity index (χ4v) is 1.46. The van der Waals surface area contributed by atoms with Crippen molar-refractivity contribution in [1.82, 2.24) is 0 Å². The van der Waals surface area contributed by atoms with Crippen LogP contribution in [0.5, 0.6) is 0 Å². The molecule has 0 aromatic rings. The molecule has 1 radical (unpaired) electrons. The minimum absolute atomic E-state index is 0.529. The van der Waals surface area contributed by atoms with Gasteiger partial charge in [0, 0.05) is 6.61 Å². The van der Waals surface area contributed by atoms with Gasteiger partial charge in [0.25, 0.3) is 0 Å². The largest absolute Gasteiger partial charge is 0.378 e. The van der Waals surface area contributed by atoms with Crippen molar-refractivity contribution in [3.63, 3.8) is 0 Å². The SMILES string of the molecule is CCO[C@@H]1C[CH][C@@H](C)CC1. The minimum atomic E-state index is 0.529. The van der Waals surface area contributed by atoms with Crippen molar-refractivity contribution in [2.45, 2.75) is 39.2 Å². The monoisotopic (exact) mass is 141 g/mol. The number of hydrogen-bond donors (Lipinski definition) is 0. The highest BCUT2D eigenvalue weighted by molar-refractivity contribution is 4.83. The van der Waals surface area contributed by atoms with Gasteiger partial charge in [-0.3, -0.25) is 0 Å². The van der Waals surface area contributed by atoms with Gasteiger partial charge >= 0.3 is 0 Å². The van der Waals surface area contributed by atoms with Gasteiger partial charge in [-0.15, -0.1) is 0 Å². The average molecular weight is 141 g/mol. The third-order valence-corrected chi connectivity index (χ3v) is 2.15. The van der Waals surface area contributed by atoms with Crippen LogP contribution in [0.4, 0.5) is 0 Å². The molecular weight excluding hydrogens is 124 g/mol. The van der Waals surface area contributed by atoms with E-state index >= 15 is 0 Å². The summed E-state index contributed by atoms with van der Waals surface area (Å²) in [6.07, 6.45) is 6.64. The summed E-state index contributed by atoms with van der Waals surface area (Å²) in [6.45, 7) is 5.22. The van der Waals surface area contributed by atoms with Crippen LogP contribution in [-0.2, 0) is 4.74 Å². The summed E-state index contributed by atoms with van der Waals surface area (Å²) >= 11 is 0. The van der Waals surface area contributed by atoms with Gasteiger partial charge in [-0.2, -0.15) is 0 Å². The third kappa shape index (κ3) is 2.30. The van der Waals surface area contributed by atoms with E-state index in [1.54, 1.807) is 0 Å². The lowest BCUT2D eigenvalue weighted by Crippen LogP contribution is -2.20. The zero-order valence-corrected chi connectivity index (χ0v) is 6.97. The Hall–Kier alpha value is -0.0400. The van der Waals surface area contributed by atoms with Crippen molar-refractivity contribution in [3.8, 4) is 0 Å². The van der Waals surface area contributed by atoms with Crippen LogP contribution in [0.3, 0.4) is 0 Å². The van der Waals surface area contributed by atoms with E-state index in [9.17, 15) is 0 Å². The molecule has 0 aromatic heterocycles. The fraction of sp³-hybridized carbons (Fsp3) is 0.889. The quantitative estimate of drug-likeness (QED) is 0.574. The first kappa shape index (κ1) is 8.06. The molecule has 0 spiro atoms. The number of ether oxygens (including phenoxy) is 1. The molecule has 1 saturated carbocycles. The summed E-state index contributed by atoms with van der Waals surface area (Å²) in [5.74, 6) is 0.816. The molecule has 2 atom stereocenters. The van der Waals surface area contributed by atoms with E-state index in [2.05, 4.69) is 20.3 Å². The van der Waals surface area contributed by atoms with Crippen LogP contribution in [0, 0.1) is 12.3 Å². The van der Waals surface area contributed by atoms with Gasteiger partial charge in [-0.1, -0.05) is 6.92 Å². The Bertz CT molecular complexity index is 82.7. The summed E-state index contributed by atoms with van der Waals surface area (Å²) in [5.41, 5.74) is 0. The number of rotatable bonds is 2. The molecule has 1 aliphatic rings. The van der Waals surface area contributed by atoms with E-state index in [0.29, 0.717) is 6.10 Å². The van der Waals surface area contributed by atoms with Gasteiger partial charge in [0.15, 0.2) is 0 Å². The Balaban J connectivity index is 2.13. The van der Waals surface area contributed by atoms with Crippen molar-refractivity contribution >= 4 is 0 Å². The molecule has 1 rings (SSSR count). The summed E-state index contributed by atoms with van der Waals surface area (Å²) in [5, 5.41) is 0. The molecular formula is C9H17O. The van der Waals surface area contributed by atoms with Crippen molar-refractivity contribution in [3.05, 3.63) is 6.42 Å². The van der Waals surface area contributed by atoms with E-state index in [1.165, 1.54) is 12.8 Å². The Labute approximate surface area is 63.8 Å². The molecule has 59 valence electrons. The van der Waals surface area contributed by atoms with Crippen molar-refractivity contribution in [2.75, 3.05) is 6.61 Å². The maximum atomic E-state index is 5.50. The van der Waals surface area contributed by atoms with Crippen LogP contribution in [0.2, 0.25) is 0 Å². The minimum Gasteiger partial charge on any atom is -0.378 e. The Morgan fingerprint density at radius 1 is 1.50 bits per heavy atom. The highest BCUT2D eigenvalue weighted by atomic mass is 16.5. The summed E-state index contributed by atoms with van der Waals surface area (Å²) < 4.78 is 5.50. The lowest BCUT2D eigenvalue weighted by Gasteiger charge is -2.25. The molecule has 1 nitrogen and oxygen atoms in total. The van der Waals surface area contributed by atoms with Crippen molar-refractivity contribution in [2.24, 2.45) is 5.92 Å². The molecule has 0 aromatic carbocycles. The molecule has 10 heavy (non-hydrogen) atoms. The summed E-state index contributed by atoms with van der Waals surface area (Å²) in [7, 11) is 0. The third-order valence-electron chi connectivity index (χ3n) is 2.15. The van der Waals surface area contributed by atoms with Gasteiger partial charge < -0.3 is 4.74 Å². The second-order valence-corrected chi connectivity index (χ2v) is 3.10. The molecule has 0 bridgehead atoms. The molecule has 1 heteroatoms. The molecule has 0 heterocycles. The van der Waals surface area contributed by atoms with Gasteiger partial charge in [-0.25, -0.2) is 0 Å². The second-order valence-electron chi connectivity index (χ2n) is 3.10.